The highest BCUT2D eigenvalue weighted by Gasteiger charge is 2.39. The Morgan fingerprint density at radius 2 is 2.11 bits per heavy atom. The molecule has 1 saturated heterocycles. The van der Waals surface area contributed by atoms with Crippen molar-refractivity contribution in [3.05, 3.63) is 0 Å². The molecule has 3 atom stereocenters. The fraction of sp³-hybridized carbons (Fsp3) is 0.846. The van der Waals surface area contributed by atoms with Gasteiger partial charge in [0, 0.05) is 6.54 Å². The van der Waals surface area contributed by atoms with Crippen molar-refractivity contribution in [2.24, 2.45) is 5.92 Å². The van der Waals surface area contributed by atoms with Gasteiger partial charge in [0.15, 0.2) is 0 Å². The summed E-state index contributed by atoms with van der Waals surface area (Å²) in [6, 6.07) is -0.673. The SMILES string of the molecule is CCC(C)C1NC(=O)C(C)N(CCCSC)C1=O. The number of nitrogens with zero attached hydrogens (tertiary/aromatic N) is 1. The molecule has 18 heavy (non-hydrogen) atoms. The molecule has 0 aromatic rings. The molecule has 1 fully saturated rings. The summed E-state index contributed by atoms with van der Waals surface area (Å²) >= 11 is 1.77. The summed E-state index contributed by atoms with van der Waals surface area (Å²) < 4.78 is 0. The van der Waals surface area contributed by atoms with Crippen LogP contribution in [0, 0.1) is 5.92 Å². The molecule has 0 aliphatic carbocycles. The van der Waals surface area contributed by atoms with Gasteiger partial charge in [0.25, 0.3) is 0 Å². The van der Waals surface area contributed by atoms with E-state index in [0.717, 1.165) is 18.6 Å². The van der Waals surface area contributed by atoms with E-state index >= 15 is 0 Å². The van der Waals surface area contributed by atoms with Crippen molar-refractivity contribution >= 4 is 23.6 Å². The fourth-order valence-electron chi connectivity index (χ4n) is 2.15. The average molecular weight is 272 g/mol. The van der Waals surface area contributed by atoms with E-state index < -0.39 is 0 Å². The summed E-state index contributed by atoms with van der Waals surface area (Å²) in [6.45, 7) is 6.54. The van der Waals surface area contributed by atoms with E-state index in [1.165, 1.54) is 0 Å². The maximum Gasteiger partial charge on any atom is 0.246 e. The highest BCUT2D eigenvalue weighted by Crippen LogP contribution is 2.18. The van der Waals surface area contributed by atoms with Crippen LogP contribution in [0.25, 0.3) is 0 Å². The Kier molecular flexibility index (Phi) is 5.99. The summed E-state index contributed by atoms with van der Waals surface area (Å²) in [5.41, 5.74) is 0. The second-order valence-electron chi connectivity index (χ2n) is 4.93. The summed E-state index contributed by atoms with van der Waals surface area (Å²) in [7, 11) is 0. The van der Waals surface area contributed by atoms with Crippen molar-refractivity contribution in [1.82, 2.24) is 10.2 Å². The quantitative estimate of drug-likeness (QED) is 0.746. The molecule has 3 unspecified atom stereocenters. The molecule has 4 nitrogen and oxygen atoms in total. The first kappa shape index (κ1) is 15.3. The smallest absolute Gasteiger partial charge is 0.246 e. The number of rotatable bonds is 6. The van der Waals surface area contributed by atoms with Gasteiger partial charge in [-0.3, -0.25) is 9.59 Å². The highest BCUT2D eigenvalue weighted by atomic mass is 32.2. The zero-order chi connectivity index (χ0) is 13.7. The fourth-order valence-corrected chi connectivity index (χ4v) is 2.57. The lowest BCUT2D eigenvalue weighted by molar-refractivity contribution is -0.150. The van der Waals surface area contributed by atoms with E-state index in [0.29, 0.717) is 6.54 Å². The van der Waals surface area contributed by atoms with Gasteiger partial charge in [0.1, 0.15) is 12.1 Å². The topological polar surface area (TPSA) is 49.4 Å². The van der Waals surface area contributed by atoms with Crippen LogP contribution in [0.15, 0.2) is 0 Å². The number of carbonyl (C=O) groups excluding carboxylic acids is 2. The van der Waals surface area contributed by atoms with Crippen molar-refractivity contribution in [3.8, 4) is 0 Å². The number of amides is 2. The Morgan fingerprint density at radius 3 is 2.67 bits per heavy atom. The number of thioether (sulfide) groups is 1. The summed E-state index contributed by atoms with van der Waals surface area (Å²) in [5, 5.41) is 2.85. The Morgan fingerprint density at radius 1 is 1.44 bits per heavy atom. The Labute approximate surface area is 114 Å². The monoisotopic (exact) mass is 272 g/mol. The minimum Gasteiger partial charge on any atom is -0.342 e. The van der Waals surface area contributed by atoms with Crippen molar-refractivity contribution in [3.63, 3.8) is 0 Å². The van der Waals surface area contributed by atoms with E-state index in [1.807, 2.05) is 13.8 Å². The minimum atomic E-state index is -0.340. The molecule has 5 heteroatoms. The van der Waals surface area contributed by atoms with Crippen molar-refractivity contribution < 1.29 is 9.59 Å². The number of hydrogen-bond acceptors (Lipinski definition) is 3. The normalized spacial score (nSPS) is 26.1. The number of carbonyl (C=O) groups is 2. The summed E-state index contributed by atoms with van der Waals surface area (Å²) in [5.74, 6) is 1.27. The molecule has 1 rings (SSSR count). The minimum absolute atomic E-state index is 0.0240. The second-order valence-corrected chi connectivity index (χ2v) is 5.91. The lowest BCUT2D eigenvalue weighted by Crippen LogP contribution is -2.64. The van der Waals surface area contributed by atoms with Crippen LogP contribution in [0.4, 0.5) is 0 Å². The van der Waals surface area contributed by atoms with Gasteiger partial charge < -0.3 is 10.2 Å². The molecule has 0 bridgehead atoms. The third-order valence-corrected chi connectivity index (χ3v) is 4.35. The van der Waals surface area contributed by atoms with Gasteiger partial charge in [-0.05, 0) is 31.3 Å². The zero-order valence-corrected chi connectivity index (χ0v) is 12.5. The number of piperazine rings is 1. The third kappa shape index (κ3) is 3.40. The predicted octanol–water partition coefficient (Wildman–Crippen LogP) is 1.50. The Balaban J connectivity index is 2.72. The van der Waals surface area contributed by atoms with Gasteiger partial charge in [-0.2, -0.15) is 11.8 Å². The molecule has 1 aliphatic rings. The van der Waals surface area contributed by atoms with Crippen LogP contribution in [0.5, 0.6) is 0 Å². The Bertz CT molecular complexity index is 309. The van der Waals surface area contributed by atoms with E-state index in [9.17, 15) is 9.59 Å². The maximum absolute atomic E-state index is 12.4. The molecular weight excluding hydrogens is 248 g/mol. The molecule has 0 aromatic carbocycles. The van der Waals surface area contributed by atoms with Crippen molar-refractivity contribution in [2.75, 3.05) is 18.6 Å². The van der Waals surface area contributed by atoms with Crippen LogP contribution in [-0.4, -0.2) is 47.4 Å². The first-order chi connectivity index (χ1) is 8.52. The third-order valence-electron chi connectivity index (χ3n) is 3.65. The lowest BCUT2D eigenvalue weighted by atomic mass is 9.94. The van der Waals surface area contributed by atoms with Crippen LogP contribution in [0.1, 0.15) is 33.6 Å². The van der Waals surface area contributed by atoms with Gasteiger partial charge in [0.2, 0.25) is 11.8 Å². The zero-order valence-electron chi connectivity index (χ0n) is 11.7. The molecule has 0 saturated carbocycles. The molecule has 1 aliphatic heterocycles. The second kappa shape index (κ2) is 7.02. The Hall–Kier alpha value is -0.710. The molecule has 0 spiro atoms. The van der Waals surface area contributed by atoms with Crippen LogP contribution in [-0.2, 0) is 9.59 Å². The lowest BCUT2D eigenvalue weighted by Gasteiger charge is -2.39. The average Bonchev–Trinajstić information content (AvgIpc) is 2.37. The van der Waals surface area contributed by atoms with Crippen LogP contribution >= 0.6 is 11.8 Å². The van der Waals surface area contributed by atoms with Gasteiger partial charge in [0.05, 0.1) is 0 Å². The van der Waals surface area contributed by atoms with E-state index in [-0.39, 0.29) is 29.8 Å². The molecule has 104 valence electrons. The largest absolute Gasteiger partial charge is 0.342 e. The number of nitrogens with one attached hydrogen (secondary N) is 1. The van der Waals surface area contributed by atoms with Gasteiger partial charge in [-0.15, -0.1) is 0 Å². The molecule has 2 amide bonds. The molecule has 0 aromatic heterocycles. The van der Waals surface area contributed by atoms with E-state index in [4.69, 9.17) is 0 Å². The first-order valence-corrected chi connectivity index (χ1v) is 8.02. The first-order valence-electron chi connectivity index (χ1n) is 6.62. The van der Waals surface area contributed by atoms with Crippen molar-refractivity contribution in [1.29, 1.82) is 0 Å². The molecule has 1 N–H and O–H groups in total. The van der Waals surface area contributed by atoms with Crippen molar-refractivity contribution in [2.45, 2.75) is 45.7 Å². The molecule has 0 radical (unpaired) electrons. The van der Waals surface area contributed by atoms with E-state index in [1.54, 1.807) is 23.6 Å². The van der Waals surface area contributed by atoms with Gasteiger partial charge in [-0.25, -0.2) is 0 Å². The van der Waals surface area contributed by atoms with Crippen LogP contribution in [0.3, 0.4) is 0 Å². The molecular formula is C13H24N2O2S. The number of hydrogen-bond donors (Lipinski definition) is 1. The van der Waals surface area contributed by atoms with Crippen LogP contribution < -0.4 is 5.32 Å². The highest BCUT2D eigenvalue weighted by molar-refractivity contribution is 7.98. The maximum atomic E-state index is 12.4. The van der Waals surface area contributed by atoms with Gasteiger partial charge >= 0.3 is 0 Å². The standard InChI is InChI=1S/C13H24N2O2S/c1-5-9(2)11-13(17)15(7-6-8-18-4)10(3)12(16)14-11/h9-11H,5-8H2,1-4H3,(H,14,16). The summed E-state index contributed by atoms with van der Waals surface area (Å²) in [4.78, 5) is 26.0. The predicted molar refractivity (Wildman–Crippen MR) is 75.6 cm³/mol. The van der Waals surface area contributed by atoms with Gasteiger partial charge in [-0.1, -0.05) is 20.3 Å². The summed E-state index contributed by atoms with van der Waals surface area (Å²) in [6.07, 6.45) is 3.89. The molecule has 1 heterocycles. The van der Waals surface area contributed by atoms with Crippen LogP contribution in [0.2, 0.25) is 0 Å². The van der Waals surface area contributed by atoms with E-state index in [2.05, 4.69) is 11.6 Å².